The number of ether oxygens (including phenoxy) is 4. The Bertz CT molecular complexity index is 1430. The van der Waals surface area contributed by atoms with Crippen molar-refractivity contribution in [1.82, 2.24) is 20.2 Å². The van der Waals surface area contributed by atoms with E-state index in [0.717, 1.165) is 0 Å². The van der Waals surface area contributed by atoms with E-state index < -0.39 is 23.8 Å². The van der Waals surface area contributed by atoms with E-state index in [4.69, 9.17) is 35.5 Å². The predicted molar refractivity (Wildman–Crippen MR) is 165 cm³/mol. The van der Waals surface area contributed by atoms with E-state index >= 15 is 0 Å². The minimum absolute atomic E-state index is 0.101. The highest BCUT2D eigenvalue weighted by molar-refractivity contribution is 6.31. The Labute approximate surface area is 261 Å². The van der Waals surface area contributed by atoms with Crippen molar-refractivity contribution in [2.24, 2.45) is 0 Å². The molecule has 1 aliphatic heterocycles. The van der Waals surface area contributed by atoms with Crippen molar-refractivity contribution in [3.05, 3.63) is 70.6 Å². The lowest BCUT2D eigenvalue weighted by Gasteiger charge is -2.27. The minimum atomic E-state index is -0.703. The maximum atomic E-state index is 13.2. The zero-order valence-electron chi connectivity index (χ0n) is 25.3. The molecule has 0 bridgehead atoms. The second kappa shape index (κ2) is 15.0. The third-order valence-electron chi connectivity index (χ3n) is 6.56. The largest absolute Gasteiger partial charge is 0.447 e. The number of morpholine rings is 1. The molecule has 0 radical (unpaired) electrons. The van der Waals surface area contributed by atoms with Crippen LogP contribution in [-0.4, -0.2) is 85.2 Å². The molecule has 12 nitrogen and oxygen atoms in total. The SMILES string of the molecule is COCCOC(=O)Nc1ccc(-c2nc(C[C@H](NC(=O)OC(C)(C)C)c3cccc(C(=O)N4CCOCC4)c3)[nH]c2Cl)cc1. The van der Waals surface area contributed by atoms with E-state index in [-0.39, 0.29) is 18.9 Å². The molecule has 0 unspecified atom stereocenters. The number of nitrogens with zero attached hydrogens (tertiary/aromatic N) is 2. The zero-order chi connectivity index (χ0) is 31.7. The van der Waals surface area contributed by atoms with Gasteiger partial charge in [-0.25, -0.2) is 14.6 Å². The summed E-state index contributed by atoms with van der Waals surface area (Å²) in [4.78, 5) is 47.5. The molecule has 1 fully saturated rings. The first-order valence-corrected chi connectivity index (χ1v) is 14.6. The standard InChI is InChI=1S/C31H38ClN5O7/c1-31(2,3)44-30(40)34-24(21-6-5-7-22(18-21)28(38)37-12-14-42-15-13-37)19-25-35-26(27(32)36-25)20-8-10-23(11-9-20)33-29(39)43-17-16-41-4/h5-11,18,24H,12-17,19H2,1-4H3,(H,33,39)(H,34,40)(H,35,36)/t24-/m0/s1. The van der Waals surface area contributed by atoms with Crippen LogP contribution in [-0.2, 0) is 25.4 Å². The van der Waals surface area contributed by atoms with Crippen molar-refractivity contribution < 1.29 is 33.3 Å². The Balaban J connectivity index is 1.53. The molecule has 1 aromatic heterocycles. The van der Waals surface area contributed by atoms with Crippen LogP contribution in [0.1, 0.15) is 48.6 Å². The molecule has 1 atom stereocenters. The van der Waals surface area contributed by atoms with Gasteiger partial charge in [0, 0.05) is 43.4 Å². The summed E-state index contributed by atoms with van der Waals surface area (Å²) in [7, 11) is 1.52. The van der Waals surface area contributed by atoms with E-state index in [0.29, 0.717) is 72.0 Å². The van der Waals surface area contributed by atoms with Crippen LogP contribution in [0.4, 0.5) is 15.3 Å². The van der Waals surface area contributed by atoms with Gasteiger partial charge in [-0.05, 0) is 50.6 Å². The average molecular weight is 628 g/mol. The Morgan fingerprint density at radius 1 is 1.07 bits per heavy atom. The first-order chi connectivity index (χ1) is 21.0. The maximum Gasteiger partial charge on any atom is 0.411 e. The summed E-state index contributed by atoms with van der Waals surface area (Å²) in [5.74, 6) is 0.413. The van der Waals surface area contributed by atoms with Crippen LogP contribution in [0.25, 0.3) is 11.3 Å². The first-order valence-electron chi connectivity index (χ1n) is 14.3. The van der Waals surface area contributed by atoms with Crippen LogP contribution in [0.2, 0.25) is 5.15 Å². The third kappa shape index (κ3) is 9.43. The number of hydrogen-bond donors (Lipinski definition) is 3. The van der Waals surface area contributed by atoms with Gasteiger partial charge in [-0.1, -0.05) is 35.9 Å². The summed E-state index contributed by atoms with van der Waals surface area (Å²) < 4.78 is 20.8. The van der Waals surface area contributed by atoms with Crippen LogP contribution in [0, 0.1) is 0 Å². The average Bonchev–Trinajstić information content (AvgIpc) is 3.36. The Morgan fingerprint density at radius 2 is 1.80 bits per heavy atom. The number of methoxy groups -OCH3 is 1. The number of aromatic amines is 1. The highest BCUT2D eigenvalue weighted by Gasteiger charge is 2.25. The molecule has 1 saturated heterocycles. The Kier molecular flexibility index (Phi) is 11.2. The second-order valence-electron chi connectivity index (χ2n) is 11.1. The van der Waals surface area contributed by atoms with Crippen molar-refractivity contribution in [1.29, 1.82) is 0 Å². The smallest absolute Gasteiger partial charge is 0.411 e. The number of benzene rings is 2. The quantitative estimate of drug-likeness (QED) is 0.260. The van der Waals surface area contributed by atoms with Gasteiger partial charge >= 0.3 is 12.2 Å². The zero-order valence-corrected chi connectivity index (χ0v) is 26.0. The molecule has 0 spiro atoms. The second-order valence-corrected chi connectivity index (χ2v) is 11.5. The van der Waals surface area contributed by atoms with Crippen LogP contribution in [0.15, 0.2) is 48.5 Å². The molecule has 2 aromatic carbocycles. The summed E-state index contributed by atoms with van der Waals surface area (Å²) in [5.41, 5.74) is 2.27. The van der Waals surface area contributed by atoms with E-state index in [2.05, 4.69) is 15.6 Å². The summed E-state index contributed by atoms with van der Waals surface area (Å²) in [6, 6.07) is 13.5. The summed E-state index contributed by atoms with van der Waals surface area (Å²) >= 11 is 6.56. The number of carbonyl (C=O) groups excluding carboxylic acids is 3. The number of aromatic nitrogens is 2. The minimum Gasteiger partial charge on any atom is -0.447 e. The van der Waals surface area contributed by atoms with Gasteiger partial charge in [0.05, 0.1) is 25.9 Å². The highest BCUT2D eigenvalue weighted by Crippen LogP contribution is 2.29. The number of H-pyrrole nitrogens is 1. The van der Waals surface area contributed by atoms with Crippen LogP contribution >= 0.6 is 11.6 Å². The topological polar surface area (TPSA) is 144 Å². The van der Waals surface area contributed by atoms with Crippen molar-refractivity contribution in [3.63, 3.8) is 0 Å². The monoisotopic (exact) mass is 627 g/mol. The lowest BCUT2D eigenvalue weighted by Crippen LogP contribution is -2.40. The molecule has 3 aromatic rings. The maximum absolute atomic E-state index is 13.2. The fraction of sp³-hybridized carbons (Fsp3) is 0.419. The molecule has 13 heteroatoms. The fourth-order valence-corrected chi connectivity index (χ4v) is 4.76. The van der Waals surface area contributed by atoms with Gasteiger partial charge in [0.25, 0.3) is 5.91 Å². The first kappa shape index (κ1) is 32.8. The van der Waals surface area contributed by atoms with E-state index in [9.17, 15) is 14.4 Å². The number of anilines is 1. The van der Waals surface area contributed by atoms with Gasteiger partial charge in [-0.3, -0.25) is 10.1 Å². The normalized spacial score (nSPS) is 14.1. The molecular formula is C31H38ClN5O7. The van der Waals surface area contributed by atoms with Crippen molar-refractivity contribution in [3.8, 4) is 11.3 Å². The fourth-order valence-electron chi connectivity index (χ4n) is 4.50. The van der Waals surface area contributed by atoms with Crippen molar-refractivity contribution in [2.75, 3.05) is 51.9 Å². The number of nitrogens with one attached hydrogen (secondary N) is 3. The highest BCUT2D eigenvalue weighted by atomic mass is 35.5. The molecule has 0 saturated carbocycles. The Hall–Kier alpha value is -4.13. The van der Waals surface area contributed by atoms with Gasteiger partial charge in [-0.2, -0.15) is 0 Å². The lowest BCUT2D eigenvalue weighted by atomic mass is 10.0. The number of hydrogen-bond acceptors (Lipinski definition) is 8. The van der Waals surface area contributed by atoms with E-state index in [1.54, 1.807) is 68.1 Å². The molecule has 44 heavy (non-hydrogen) atoms. The predicted octanol–water partition coefficient (Wildman–Crippen LogP) is 5.21. The number of carbonyl (C=O) groups is 3. The van der Waals surface area contributed by atoms with Crippen LogP contribution in [0.3, 0.4) is 0 Å². The molecule has 3 N–H and O–H groups in total. The van der Waals surface area contributed by atoms with Crippen molar-refractivity contribution >= 4 is 35.4 Å². The van der Waals surface area contributed by atoms with Gasteiger partial charge in [0.1, 0.15) is 28.9 Å². The molecule has 236 valence electrons. The number of halogens is 1. The molecule has 0 aliphatic carbocycles. The number of rotatable bonds is 10. The van der Waals surface area contributed by atoms with Gasteiger partial charge < -0.3 is 34.1 Å². The molecule has 4 rings (SSSR count). The third-order valence-corrected chi connectivity index (χ3v) is 6.83. The molecule has 2 heterocycles. The molecular weight excluding hydrogens is 590 g/mol. The van der Waals surface area contributed by atoms with E-state index in [1.165, 1.54) is 7.11 Å². The molecule has 3 amide bonds. The van der Waals surface area contributed by atoms with Crippen LogP contribution < -0.4 is 10.6 Å². The number of imidazole rings is 1. The van der Waals surface area contributed by atoms with E-state index in [1.807, 2.05) is 6.07 Å². The van der Waals surface area contributed by atoms with Gasteiger partial charge in [0.2, 0.25) is 0 Å². The summed E-state index contributed by atoms with van der Waals surface area (Å²) in [6.07, 6.45) is -0.954. The summed E-state index contributed by atoms with van der Waals surface area (Å²) in [6.45, 7) is 7.83. The lowest BCUT2D eigenvalue weighted by molar-refractivity contribution is 0.0303. The van der Waals surface area contributed by atoms with Crippen LogP contribution in [0.5, 0.6) is 0 Å². The number of alkyl carbamates (subject to hydrolysis) is 1. The Morgan fingerprint density at radius 3 is 2.48 bits per heavy atom. The number of amides is 3. The molecule has 1 aliphatic rings. The van der Waals surface area contributed by atoms with Gasteiger partial charge in [-0.15, -0.1) is 0 Å². The van der Waals surface area contributed by atoms with Gasteiger partial charge in [0.15, 0.2) is 0 Å². The summed E-state index contributed by atoms with van der Waals surface area (Å²) in [5, 5.41) is 5.89. The van der Waals surface area contributed by atoms with Crippen molar-refractivity contribution in [2.45, 2.75) is 38.8 Å².